The molecule has 1 rings (SSSR count). The predicted octanol–water partition coefficient (Wildman–Crippen LogP) is -1.46. The Hall–Kier alpha value is -1.51. The molecule has 15 heavy (non-hydrogen) atoms. The van der Waals surface area contributed by atoms with Gasteiger partial charge >= 0.3 is 17.9 Å². The van der Waals surface area contributed by atoms with Crippen LogP contribution in [0.2, 0.25) is 0 Å². The van der Waals surface area contributed by atoms with Gasteiger partial charge in [-0.25, -0.2) is 23.8 Å². The van der Waals surface area contributed by atoms with E-state index in [0.29, 0.717) is 0 Å². The average molecular weight is 240 g/mol. The normalized spacial score (nSPS) is 27.9. The van der Waals surface area contributed by atoms with Gasteiger partial charge in [0.25, 0.3) is 0 Å². The molecule has 84 valence electrons. The topological polar surface area (TPSA) is 107 Å². The summed E-state index contributed by atoms with van der Waals surface area (Å²) >= 11 is 0. The Morgan fingerprint density at radius 3 is 2.27 bits per heavy atom. The number of carboxylic acids is 1. The monoisotopic (exact) mass is 240 g/mol. The molecular weight excluding hydrogens is 235 g/mol. The zero-order valence-corrected chi connectivity index (χ0v) is 7.86. The van der Waals surface area contributed by atoms with E-state index in [9.17, 15) is 23.0 Å². The van der Waals surface area contributed by atoms with Crippen molar-refractivity contribution in [3.8, 4) is 0 Å². The van der Waals surface area contributed by atoms with E-state index >= 15 is 0 Å². The molecule has 0 radical (unpaired) electrons. The minimum Gasteiger partial charge on any atom is -0.480 e. The molecule has 1 aliphatic rings. The van der Waals surface area contributed by atoms with Crippen LogP contribution in [0.1, 0.15) is 0 Å². The molecule has 1 heterocycles. The van der Waals surface area contributed by atoms with Crippen LogP contribution >= 0.6 is 0 Å². The summed E-state index contributed by atoms with van der Waals surface area (Å²) < 4.78 is 22.3. The largest absolute Gasteiger partial charge is 0.480 e. The maximum absolute atomic E-state index is 11.5. The molecule has 7 nitrogen and oxygen atoms in total. The third-order valence-corrected chi connectivity index (χ3v) is 3.13. The molecule has 0 saturated carbocycles. The molecule has 0 aromatic heterocycles. The number of alkyl halides is 1. The Morgan fingerprint density at radius 1 is 1.27 bits per heavy atom. The number of aliphatic carboxylic acids is 1. The lowest BCUT2D eigenvalue weighted by molar-refractivity contribution is -0.258. The van der Waals surface area contributed by atoms with Gasteiger partial charge in [0.1, 0.15) is 0 Å². The molecule has 1 aliphatic heterocycles. The minimum atomic E-state index is -1.87. The maximum atomic E-state index is 11.5. The third kappa shape index (κ3) is 2.49. The van der Waals surface area contributed by atoms with Crippen molar-refractivity contribution in [3.63, 3.8) is 0 Å². The van der Waals surface area contributed by atoms with Crippen LogP contribution < -0.4 is 0 Å². The molecule has 1 N–H and O–H groups in total. The summed E-state index contributed by atoms with van der Waals surface area (Å²) in [7, 11) is -1.87. The lowest BCUT2D eigenvalue weighted by Gasteiger charge is -1.97. The smallest absolute Gasteiger partial charge is 0.386 e. The summed E-state index contributed by atoms with van der Waals surface area (Å²) in [6.07, 6.45) is 0. The predicted molar refractivity (Wildman–Crippen MR) is 41.5 cm³/mol. The average Bonchev–Trinajstić information content (AvgIpc) is 2.86. The fourth-order valence-electron chi connectivity index (χ4n) is 0.795. The molecule has 3 atom stereocenters. The van der Waals surface area contributed by atoms with E-state index in [2.05, 4.69) is 9.78 Å². The fourth-order valence-corrected chi connectivity index (χ4v) is 1.97. The Bertz CT molecular complexity index is 340. The van der Waals surface area contributed by atoms with Crippen molar-refractivity contribution in [2.75, 3.05) is 6.67 Å². The van der Waals surface area contributed by atoms with Crippen LogP contribution in [0.5, 0.6) is 0 Å². The van der Waals surface area contributed by atoms with E-state index in [1.165, 1.54) is 0 Å². The Balaban J connectivity index is 2.41. The first-order valence-electron chi connectivity index (χ1n) is 3.58. The van der Waals surface area contributed by atoms with Gasteiger partial charge in [0.2, 0.25) is 0 Å². The van der Waals surface area contributed by atoms with Crippen molar-refractivity contribution in [2.45, 2.75) is 10.5 Å². The number of halogens is 1. The highest BCUT2D eigenvalue weighted by Gasteiger charge is 2.60. The first-order chi connectivity index (χ1) is 6.99. The van der Waals surface area contributed by atoms with Crippen molar-refractivity contribution in [1.82, 2.24) is 0 Å². The van der Waals surface area contributed by atoms with E-state index in [0.717, 1.165) is 0 Å². The first-order valence-corrected chi connectivity index (χ1v) is 4.86. The van der Waals surface area contributed by atoms with Crippen LogP contribution in [0.25, 0.3) is 0 Å². The lowest BCUT2D eigenvalue weighted by atomic mass is 10.3. The van der Waals surface area contributed by atoms with E-state index in [1.54, 1.807) is 0 Å². The van der Waals surface area contributed by atoms with Gasteiger partial charge in [0.05, 0.1) is 10.8 Å². The van der Waals surface area contributed by atoms with Gasteiger partial charge in [0.15, 0.2) is 17.2 Å². The quantitative estimate of drug-likeness (QED) is 0.365. The second-order valence-corrected chi connectivity index (χ2v) is 4.17. The molecule has 9 heteroatoms. The molecule has 0 amide bonds. The Labute approximate surface area is 84.5 Å². The third-order valence-electron chi connectivity index (χ3n) is 1.50. The number of carboxylic acid groups (broad SMARTS) is 1. The summed E-state index contributed by atoms with van der Waals surface area (Å²) in [6.45, 7) is -1.48. The van der Waals surface area contributed by atoms with Gasteiger partial charge in [-0.1, -0.05) is 0 Å². The van der Waals surface area contributed by atoms with Gasteiger partial charge in [-0.3, -0.25) is 9.00 Å². The van der Waals surface area contributed by atoms with E-state index in [4.69, 9.17) is 5.11 Å². The molecule has 0 aromatic rings. The molecule has 0 aliphatic carbocycles. The number of hydrogen-bond acceptors (Lipinski definition) is 6. The minimum absolute atomic E-state index is 1.26. The summed E-state index contributed by atoms with van der Waals surface area (Å²) in [5.74, 6) is -4.10. The zero-order valence-electron chi connectivity index (χ0n) is 7.04. The van der Waals surface area contributed by atoms with Crippen LogP contribution in [0, 0.1) is 0 Å². The summed E-state index contributed by atoms with van der Waals surface area (Å²) in [5.41, 5.74) is 0. The first kappa shape index (κ1) is 11.6. The summed E-state index contributed by atoms with van der Waals surface area (Å²) in [5, 5.41) is 5.70. The Kier molecular flexibility index (Phi) is 3.35. The molecule has 0 aromatic carbocycles. The molecule has 0 spiro atoms. The second kappa shape index (κ2) is 4.34. The maximum Gasteiger partial charge on any atom is 0.386 e. The van der Waals surface area contributed by atoms with Crippen molar-refractivity contribution >= 4 is 28.7 Å². The van der Waals surface area contributed by atoms with E-state index in [-0.39, 0.29) is 0 Å². The van der Waals surface area contributed by atoms with Crippen LogP contribution in [0.4, 0.5) is 4.39 Å². The standard InChI is InChI=1S/C6H5FO7S/c7-1-2(8)13-14-6(11)4-3(5(9)10)15(4)12/h3-4H,1H2,(H,9,10). The van der Waals surface area contributed by atoms with E-state index in [1.807, 2.05) is 0 Å². The van der Waals surface area contributed by atoms with E-state index < -0.39 is 45.9 Å². The number of hydrogen-bond donors (Lipinski definition) is 1. The van der Waals surface area contributed by atoms with Gasteiger partial charge in [0, 0.05) is 0 Å². The van der Waals surface area contributed by atoms with Crippen LogP contribution in [0.3, 0.4) is 0 Å². The number of carbonyl (C=O) groups excluding carboxylic acids is 2. The molecule has 1 fully saturated rings. The SMILES string of the molecule is O=C(CF)OOC(=O)C1C(C(=O)O)S1=O. The number of rotatable bonds is 3. The van der Waals surface area contributed by atoms with Crippen molar-refractivity contribution < 1.29 is 37.9 Å². The lowest BCUT2D eigenvalue weighted by Crippen LogP contribution is -2.20. The van der Waals surface area contributed by atoms with Gasteiger partial charge in [-0.2, -0.15) is 0 Å². The Morgan fingerprint density at radius 2 is 1.87 bits per heavy atom. The molecule has 3 unspecified atom stereocenters. The highest BCUT2D eigenvalue weighted by Crippen LogP contribution is 2.29. The number of carbonyl (C=O) groups is 3. The van der Waals surface area contributed by atoms with Gasteiger partial charge in [-0.05, 0) is 0 Å². The van der Waals surface area contributed by atoms with Crippen LogP contribution in [-0.2, 0) is 35.0 Å². The zero-order chi connectivity index (χ0) is 11.6. The van der Waals surface area contributed by atoms with Gasteiger partial charge < -0.3 is 5.11 Å². The second-order valence-electron chi connectivity index (χ2n) is 2.50. The molecular formula is C6H5FO7S. The van der Waals surface area contributed by atoms with Crippen molar-refractivity contribution in [2.24, 2.45) is 0 Å². The van der Waals surface area contributed by atoms with Gasteiger partial charge in [-0.15, -0.1) is 0 Å². The van der Waals surface area contributed by atoms with Crippen molar-refractivity contribution in [3.05, 3.63) is 0 Å². The van der Waals surface area contributed by atoms with Crippen LogP contribution in [-0.4, -0.2) is 44.4 Å². The summed E-state index contributed by atoms with van der Waals surface area (Å²) in [6, 6.07) is 0. The molecule has 1 saturated heterocycles. The van der Waals surface area contributed by atoms with Crippen LogP contribution in [0.15, 0.2) is 0 Å². The van der Waals surface area contributed by atoms with Crippen molar-refractivity contribution in [1.29, 1.82) is 0 Å². The highest BCUT2D eigenvalue weighted by molar-refractivity contribution is 7.95. The molecule has 0 bridgehead atoms. The highest BCUT2D eigenvalue weighted by atomic mass is 32.2. The fraction of sp³-hybridized carbons (Fsp3) is 0.500. The summed E-state index contributed by atoms with van der Waals surface area (Å²) in [4.78, 5) is 38.8.